The average molecular weight is 333 g/mol. The number of hydrogen-bond acceptors (Lipinski definition) is 2. The molecule has 1 heterocycles. The van der Waals surface area contributed by atoms with Crippen molar-refractivity contribution in [2.75, 3.05) is 13.1 Å². The standard InChI is InChI=1S/C22H23NO2/c1-18-7-5-6-10-21(18)12-11-19-13-15-23(16-14-19)22(24)25-17-20-8-3-2-4-9-20/h2-10,19H,13-17H2,1H3. The van der Waals surface area contributed by atoms with Crippen LogP contribution < -0.4 is 0 Å². The molecule has 1 fully saturated rings. The van der Waals surface area contributed by atoms with Gasteiger partial charge < -0.3 is 9.64 Å². The average Bonchev–Trinajstić information content (AvgIpc) is 2.67. The molecule has 0 bridgehead atoms. The summed E-state index contributed by atoms with van der Waals surface area (Å²) in [5.74, 6) is 7.00. The van der Waals surface area contributed by atoms with Crippen LogP contribution in [0.2, 0.25) is 0 Å². The Morgan fingerprint density at radius 1 is 1.08 bits per heavy atom. The van der Waals surface area contributed by atoms with Crippen molar-refractivity contribution in [2.45, 2.75) is 26.4 Å². The molecule has 1 saturated heterocycles. The lowest BCUT2D eigenvalue weighted by atomic mass is 9.97. The van der Waals surface area contributed by atoms with Gasteiger partial charge in [-0.05, 0) is 37.0 Å². The van der Waals surface area contributed by atoms with Gasteiger partial charge in [0, 0.05) is 24.6 Å². The largest absolute Gasteiger partial charge is 0.445 e. The summed E-state index contributed by atoms with van der Waals surface area (Å²) in [4.78, 5) is 14.0. The molecule has 0 aromatic heterocycles. The summed E-state index contributed by atoms with van der Waals surface area (Å²) < 4.78 is 5.40. The molecule has 1 aliphatic rings. The molecule has 0 atom stereocenters. The van der Waals surface area contributed by atoms with Crippen molar-refractivity contribution in [3.05, 3.63) is 71.3 Å². The van der Waals surface area contributed by atoms with Crippen LogP contribution in [0.15, 0.2) is 54.6 Å². The lowest BCUT2D eigenvalue weighted by Crippen LogP contribution is -2.38. The summed E-state index contributed by atoms with van der Waals surface area (Å²) in [7, 11) is 0. The van der Waals surface area contributed by atoms with E-state index in [1.165, 1.54) is 5.56 Å². The number of benzene rings is 2. The molecule has 1 aliphatic heterocycles. The lowest BCUT2D eigenvalue weighted by Gasteiger charge is -2.29. The highest BCUT2D eigenvalue weighted by atomic mass is 16.6. The van der Waals surface area contributed by atoms with Crippen molar-refractivity contribution >= 4 is 6.09 Å². The number of hydrogen-bond donors (Lipinski definition) is 0. The second-order valence-electron chi connectivity index (χ2n) is 6.39. The van der Waals surface area contributed by atoms with Gasteiger partial charge in [0.15, 0.2) is 0 Å². The Morgan fingerprint density at radius 2 is 1.76 bits per heavy atom. The van der Waals surface area contributed by atoms with Gasteiger partial charge in [0.25, 0.3) is 0 Å². The first kappa shape index (κ1) is 17.1. The fraction of sp³-hybridized carbons (Fsp3) is 0.318. The van der Waals surface area contributed by atoms with Gasteiger partial charge in [-0.15, -0.1) is 0 Å². The molecule has 3 nitrogen and oxygen atoms in total. The van der Waals surface area contributed by atoms with Crippen molar-refractivity contribution in [1.29, 1.82) is 0 Å². The number of nitrogens with zero attached hydrogens (tertiary/aromatic N) is 1. The van der Waals surface area contributed by atoms with Crippen LogP contribution in [0.4, 0.5) is 4.79 Å². The van der Waals surface area contributed by atoms with Gasteiger partial charge in [-0.3, -0.25) is 0 Å². The fourth-order valence-corrected chi connectivity index (χ4v) is 2.91. The number of amides is 1. The van der Waals surface area contributed by atoms with Crippen LogP contribution in [0, 0.1) is 24.7 Å². The van der Waals surface area contributed by atoms with Gasteiger partial charge in [-0.2, -0.15) is 0 Å². The molecule has 128 valence electrons. The molecule has 1 amide bonds. The molecule has 0 unspecified atom stereocenters. The molecule has 2 aromatic carbocycles. The summed E-state index contributed by atoms with van der Waals surface area (Å²) in [5.41, 5.74) is 3.30. The van der Waals surface area contributed by atoms with E-state index in [0.717, 1.165) is 24.0 Å². The van der Waals surface area contributed by atoms with Crippen LogP contribution in [0.5, 0.6) is 0 Å². The number of rotatable bonds is 2. The number of piperidine rings is 1. The molecular weight excluding hydrogens is 310 g/mol. The Hall–Kier alpha value is -2.73. The molecule has 0 saturated carbocycles. The monoisotopic (exact) mass is 333 g/mol. The van der Waals surface area contributed by atoms with Crippen LogP contribution >= 0.6 is 0 Å². The van der Waals surface area contributed by atoms with Gasteiger partial charge in [-0.1, -0.05) is 60.4 Å². The van der Waals surface area contributed by atoms with Crippen molar-refractivity contribution in [3.8, 4) is 11.8 Å². The summed E-state index contributed by atoms with van der Waals surface area (Å²) in [6, 6.07) is 17.9. The maximum absolute atomic E-state index is 12.2. The van der Waals surface area contributed by atoms with Crippen molar-refractivity contribution in [2.24, 2.45) is 5.92 Å². The van der Waals surface area contributed by atoms with Gasteiger partial charge >= 0.3 is 6.09 Å². The van der Waals surface area contributed by atoms with E-state index in [-0.39, 0.29) is 6.09 Å². The van der Waals surface area contributed by atoms with Crippen molar-refractivity contribution < 1.29 is 9.53 Å². The number of ether oxygens (including phenoxy) is 1. The highest BCUT2D eigenvalue weighted by Gasteiger charge is 2.22. The zero-order chi connectivity index (χ0) is 17.5. The van der Waals surface area contributed by atoms with E-state index >= 15 is 0 Å². The normalized spacial score (nSPS) is 14.5. The van der Waals surface area contributed by atoms with Gasteiger partial charge in [0.1, 0.15) is 6.61 Å². The summed E-state index contributed by atoms with van der Waals surface area (Å²) >= 11 is 0. The number of aryl methyl sites for hydroxylation is 1. The molecule has 0 aliphatic carbocycles. The minimum atomic E-state index is -0.228. The van der Waals surface area contributed by atoms with E-state index in [2.05, 4.69) is 30.9 Å². The minimum Gasteiger partial charge on any atom is -0.445 e. The Kier molecular flexibility index (Phi) is 5.74. The van der Waals surface area contributed by atoms with E-state index < -0.39 is 0 Å². The molecule has 3 heteroatoms. The Balaban J connectivity index is 1.47. The van der Waals surface area contributed by atoms with Crippen LogP contribution in [-0.2, 0) is 11.3 Å². The molecule has 3 rings (SSSR count). The lowest BCUT2D eigenvalue weighted by molar-refractivity contribution is 0.0860. The predicted octanol–water partition coefficient (Wildman–Crippen LogP) is 4.40. The maximum Gasteiger partial charge on any atom is 0.410 e. The van der Waals surface area contributed by atoms with Gasteiger partial charge in [0.05, 0.1) is 0 Å². The third kappa shape index (κ3) is 4.87. The first-order valence-corrected chi connectivity index (χ1v) is 8.75. The molecule has 25 heavy (non-hydrogen) atoms. The minimum absolute atomic E-state index is 0.228. The van der Waals surface area contributed by atoms with Crippen molar-refractivity contribution in [1.82, 2.24) is 4.90 Å². The Bertz CT molecular complexity index is 765. The number of likely N-dealkylation sites (tertiary alicyclic amines) is 1. The Labute approximate surface area is 149 Å². The number of carbonyl (C=O) groups is 1. The summed E-state index contributed by atoms with van der Waals surface area (Å²) in [6.45, 7) is 3.82. The SMILES string of the molecule is Cc1ccccc1C#CC1CCN(C(=O)OCc2ccccc2)CC1. The topological polar surface area (TPSA) is 29.5 Å². The second-order valence-corrected chi connectivity index (χ2v) is 6.39. The summed E-state index contributed by atoms with van der Waals surface area (Å²) in [6.07, 6.45) is 1.58. The smallest absolute Gasteiger partial charge is 0.410 e. The first-order chi connectivity index (χ1) is 12.2. The Morgan fingerprint density at radius 3 is 2.48 bits per heavy atom. The molecular formula is C22H23NO2. The zero-order valence-corrected chi connectivity index (χ0v) is 14.6. The van der Waals surface area contributed by atoms with Gasteiger partial charge in [-0.25, -0.2) is 4.79 Å². The molecule has 2 aromatic rings. The molecule has 0 radical (unpaired) electrons. The predicted molar refractivity (Wildman–Crippen MR) is 99.0 cm³/mol. The fourth-order valence-electron chi connectivity index (χ4n) is 2.91. The first-order valence-electron chi connectivity index (χ1n) is 8.75. The van der Waals surface area contributed by atoms with E-state index in [9.17, 15) is 4.79 Å². The quantitative estimate of drug-likeness (QED) is 0.763. The molecule has 0 spiro atoms. The summed E-state index contributed by atoms with van der Waals surface area (Å²) in [5, 5.41) is 0. The third-order valence-corrected chi connectivity index (χ3v) is 4.51. The van der Waals surface area contributed by atoms with Crippen LogP contribution in [0.25, 0.3) is 0 Å². The highest BCUT2D eigenvalue weighted by molar-refractivity contribution is 5.67. The van der Waals surface area contributed by atoms with Gasteiger partial charge in [0.2, 0.25) is 0 Å². The zero-order valence-electron chi connectivity index (χ0n) is 14.6. The van der Waals surface area contributed by atoms with E-state index in [1.54, 1.807) is 4.90 Å². The van der Waals surface area contributed by atoms with E-state index in [1.807, 2.05) is 42.5 Å². The second kappa shape index (κ2) is 8.39. The third-order valence-electron chi connectivity index (χ3n) is 4.51. The number of carbonyl (C=O) groups excluding carboxylic acids is 1. The van der Waals surface area contributed by atoms with Crippen LogP contribution in [-0.4, -0.2) is 24.1 Å². The molecule has 0 N–H and O–H groups in total. The van der Waals surface area contributed by atoms with Crippen LogP contribution in [0.3, 0.4) is 0 Å². The highest BCUT2D eigenvalue weighted by Crippen LogP contribution is 2.18. The van der Waals surface area contributed by atoms with Crippen LogP contribution in [0.1, 0.15) is 29.5 Å². The van der Waals surface area contributed by atoms with E-state index in [4.69, 9.17) is 4.74 Å². The maximum atomic E-state index is 12.2. The van der Waals surface area contributed by atoms with Crippen molar-refractivity contribution in [3.63, 3.8) is 0 Å². The van der Waals surface area contributed by atoms with E-state index in [0.29, 0.717) is 25.6 Å².